The first-order valence-electron chi connectivity index (χ1n) is 6.01. The van der Waals surface area contributed by atoms with Gasteiger partial charge < -0.3 is 5.11 Å². The third-order valence-electron chi connectivity index (χ3n) is 2.68. The Morgan fingerprint density at radius 1 is 1.24 bits per heavy atom. The van der Waals surface area contributed by atoms with Gasteiger partial charge in [0.1, 0.15) is 4.21 Å². The van der Waals surface area contributed by atoms with Gasteiger partial charge in [0.05, 0.1) is 5.69 Å². The number of benzene rings is 1. The summed E-state index contributed by atoms with van der Waals surface area (Å²) in [6.45, 7) is 1.93. The lowest BCUT2D eigenvalue weighted by Gasteiger charge is -2.11. The molecule has 0 aliphatic heterocycles. The zero-order valence-corrected chi connectivity index (χ0v) is 15.9. The monoisotopic (exact) mass is 453 g/mol. The quantitative estimate of drug-likeness (QED) is 0.719. The third kappa shape index (κ3) is 4.07. The maximum Gasteiger partial charge on any atom is 0.271 e. The van der Waals surface area contributed by atoms with Gasteiger partial charge in [-0.25, -0.2) is 8.42 Å². The second kappa shape index (κ2) is 6.78. The predicted molar refractivity (Wildman–Crippen MR) is 92.5 cm³/mol. The maximum atomic E-state index is 12.4. The van der Waals surface area contributed by atoms with E-state index >= 15 is 0 Å². The molecule has 114 valence electrons. The molecule has 0 unspecified atom stereocenters. The van der Waals surface area contributed by atoms with E-state index in [9.17, 15) is 8.42 Å². The standard InChI is InChI=1S/C13H13Br2NO3S2/c1-8-6-10(14)13(11(15)7-8)16-21(18,19)12-3-2-9(20-12)4-5-17/h2-3,6-7,16-17H,4-5H2,1H3. The highest BCUT2D eigenvalue weighted by molar-refractivity contribution is 9.11. The number of thiophene rings is 1. The van der Waals surface area contributed by atoms with E-state index in [0.29, 0.717) is 21.1 Å². The van der Waals surface area contributed by atoms with Crippen LogP contribution in [0.4, 0.5) is 5.69 Å². The van der Waals surface area contributed by atoms with E-state index < -0.39 is 10.0 Å². The molecule has 0 bridgehead atoms. The van der Waals surface area contributed by atoms with Crippen molar-refractivity contribution in [2.45, 2.75) is 17.6 Å². The molecule has 1 aromatic heterocycles. The van der Waals surface area contributed by atoms with Crippen molar-refractivity contribution in [3.05, 3.63) is 43.7 Å². The van der Waals surface area contributed by atoms with Gasteiger partial charge in [-0.15, -0.1) is 11.3 Å². The summed E-state index contributed by atoms with van der Waals surface area (Å²) in [6, 6.07) is 6.95. The molecule has 4 nitrogen and oxygen atoms in total. The van der Waals surface area contributed by atoms with E-state index in [1.165, 1.54) is 0 Å². The van der Waals surface area contributed by atoms with Crippen LogP contribution >= 0.6 is 43.2 Å². The molecule has 0 aliphatic carbocycles. The molecule has 0 aliphatic rings. The van der Waals surface area contributed by atoms with Gasteiger partial charge in [-0.05, 0) is 68.6 Å². The van der Waals surface area contributed by atoms with E-state index in [4.69, 9.17) is 5.11 Å². The summed E-state index contributed by atoms with van der Waals surface area (Å²) in [6.07, 6.45) is 0.456. The largest absolute Gasteiger partial charge is 0.396 e. The second-order valence-electron chi connectivity index (χ2n) is 4.40. The Hall–Kier alpha value is -0.410. The lowest BCUT2D eigenvalue weighted by atomic mass is 10.2. The van der Waals surface area contributed by atoms with Crippen LogP contribution in [0.2, 0.25) is 0 Å². The molecule has 0 saturated carbocycles. The number of anilines is 1. The highest BCUT2D eigenvalue weighted by Gasteiger charge is 2.19. The number of aliphatic hydroxyl groups is 1. The van der Waals surface area contributed by atoms with E-state index in [-0.39, 0.29) is 10.8 Å². The number of sulfonamides is 1. The molecule has 1 heterocycles. The predicted octanol–water partition coefficient (Wildman–Crippen LogP) is 3.92. The highest BCUT2D eigenvalue weighted by atomic mass is 79.9. The molecule has 0 radical (unpaired) electrons. The van der Waals surface area contributed by atoms with Gasteiger partial charge in [-0.3, -0.25) is 4.72 Å². The molecule has 0 fully saturated rings. The molecule has 0 amide bonds. The van der Waals surface area contributed by atoms with E-state index in [0.717, 1.165) is 21.8 Å². The molecule has 21 heavy (non-hydrogen) atoms. The molecule has 2 N–H and O–H groups in total. The Balaban J connectivity index is 2.33. The first-order valence-corrected chi connectivity index (χ1v) is 9.90. The van der Waals surface area contributed by atoms with Crippen molar-refractivity contribution < 1.29 is 13.5 Å². The summed E-state index contributed by atoms with van der Waals surface area (Å²) in [5.74, 6) is 0. The molecule has 2 rings (SSSR count). The normalized spacial score (nSPS) is 11.6. The number of rotatable bonds is 5. The number of hydrogen-bond acceptors (Lipinski definition) is 4. The molecule has 0 spiro atoms. The average Bonchev–Trinajstić information content (AvgIpc) is 2.84. The fraction of sp³-hybridized carbons (Fsp3) is 0.231. The minimum absolute atomic E-state index is 0.00247. The molecule has 0 atom stereocenters. The van der Waals surface area contributed by atoms with Crippen LogP contribution in [0.25, 0.3) is 0 Å². The van der Waals surface area contributed by atoms with Crippen molar-refractivity contribution in [2.24, 2.45) is 0 Å². The lowest BCUT2D eigenvalue weighted by molar-refractivity contribution is 0.300. The summed E-state index contributed by atoms with van der Waals surface area (Å²) in [5, 5.41) is 8.89. The first kappa shape index (κ1) is 17.0. The van der Waals surface area contributed by atoms with Crippen molar-refractivity contribution in [2.75, 3.05) is 11.3 Å². The summed E-state index contributed by atoms with van der Waals surface area (Å²) in [7, 11) is -3.64. The van der Waals surface area contributed by atoms with Gasteiger partial charge in [0.2, 0.25) is 0 Å². The van der Waals surface area contributed by atoms with Crippen molar-refractivity contribution in [3.8, 4) is 0 Å². The van der Waals surface area contributed by atoms with E-state index in [1.54, 1.807) is 12.1 Å². The van der Waals surface area contributed by atoms with Gasteiger partial charge in [0.25, 0.3) is 10.0 Å². The molecule has 2 aromatic rings. The van der Waals surface area contributed by atoms with Crippen LogP contribution < -0.4 is 4.72 Å². The molecule has 8 heteroatoms. The van der Waals surface area contributed by atoms with Crippen LogP contribution in [-0.4, -0.2) is 20.1 Å². The zero-order valence-electron chi connectivity index (χ0n) is 11.1. The molecular formula is C13H13Br2NO3S2. The first-order chi connectivity index (χ1) is 9.83. The van der Waals surface area contributed by atoms with Crippen LogP contribution in [0.15, 0.2) is 37.4 Å². The fourth-order valence-corrected chi connectivity index (χ4v) is 6.05. The molecular weight excluding hydrogens is 442 g/mol. The topological polar surface area (TPSA) is 66.4 Å². The third-order valence-corrected chi connectivity index (χ3v) is 6.92. The van der Waals surface area contributed by atoms with Crippen LogP contribution in [0.5, 0.6) is 0 Å². The Morgan fingerprint density at radius 3 is 2.43 bits per heavy atom. The smallest absolute Gasteiger partial charge is 0.271 e. The Kier molecular flexibility index (Phi) is 5.48. The SMILES string of the molecule is Cc1cc(Br)c(NS(=O)(=O)c2ccc(CCO)s2)c(Br)c1. The van der Waals surface area contributed by atoms with Gasteiger partial charge in [-0.1, -0.05) is 0 Å². The van der Waals surface area contributed by atoms with Gasteiger partial charge in [-0.2, -0.15) is 0 Å². The zero-order chi connectivity index (χ0) is 15.6. The van der Waals surface area contributed by atoms with Gasteiger partial charge >= 0.3 is 0 Å². The number of hydrogen-bond donors (Lipinski definition) is 2. The number of nitrogens with one attached hydrogen (secondary N) is 1. The van der Waals surface area contributed by atoms with Crippen molar-refractivity contribution >= 4 is 58.9 Å². The van der Waals surface area contributed by atoms with Crippen molar-refractivity contribution in [1.29, 1.82) is 0 Å². The Morgan fingerprint density at radius 2 is 1.86 bits per heavy atom. The molecule has 1 aromatic carbocycles. The van der Waals surface area contributed by atoms with E-state index in [1.807, 2.05) is 19.1 Å². The second-order valence-corrected chi connectivity index (χ2v) is 9.19. The van der Waals surface area contributed by atoms with Crippen molar-refractivity contribution in [3.63, 3.8) is 0 Å². The summed E-state index contributed by atoms with van der Waals surface area (Å²) in [5.41, 5.74) is 1.48. The summed E-state index contributed by atoms with van der Waals surface area (Å²) >= 11 is 7.89. The minimum atomic E-state index is -3.64. The maximum absolute atomic E-state index is 12.4. The lowest BCUT2D eigenvalue weighted by Crippen LogP contribution is -2.12. The number of aryl methyl sites for hydroxylation is 1. The summed E-state index contributed by atoms with van der Waals surface area (Å²) in [4.78, 5) is 0.833. The fourth-order valence-electron chi connectivity index (χ4n) is 1.73. The Bertz CT molecular complexity index is 734. The minimum Gasteiger partial charge on any atom is -0.396 e. The van der Waals surface area contributed by atoms with Crippen LogP contribution in [0.3, 0.4) is 0 Å². The number of aliphatic hydroxyl groups excluding tert-OH is 1. The van der Waals surface area contributed by atoms with Gasteiger partial charge in [0.15, 0.2) is 0 Å². The highest BCUT2D eigenvalue weighted by Crippen LogP contribution is 2.34. The average molecular weight is 455 g/mol. The number of halogens is 2. The Labute approximate surface area is 144 Å². The summed E-state index contributed by atoms with van der Waals surface area (Å²) < 4.78 is 29.0. The molecule has 0 saturated heterocycles. The van der Waals surface area contributed by atoms with Gasteiger partial charge in [0, 0.05) is 26.9 Å². The van der Waals surface area contributed by atoms with Crippen LogP contribution in [0.1, 0.15) is 10.4 Å². The van der Waals surface area contributed by atoms with Crippen LogP contribution in [0, 0.1) is 6.92 Å². The van der Waals surface area contributed by atoms with E-state index in [2.05, 4.69) is 36.6 Å². The van der Waals surface area contributed by atoms with Crippen molar-refractivity contribution in [1.82, 2.24) is 0 Å². The van der Waals surface area contributed by atoms with Crippen LogP contribution in [-0.2, 0) is 16.4 Å².